The molecule has 0 saturated carbocycles. The lowest BCUT2D eigenvalue weighted by Gasteiger charge is -2.18. The molecule has 0 radical (unpaired) electrons. The van der Waals surface area contributed by atoms with Crippen molar-refractivity contribution in [3.05, 3.63) is 217 Å². The molecule has 0 amide bonds. The fourth-order valence-corrected chi connectivity index (χ4v) is 10.9. The second-order valence-electron chi connectivity index (χ2n) is 16.8. The average molecular weight is 854 g/mol. The Morgan fingerprint density at radius 3 is 1.88 bits per heavy atom. The van der Waals surface area contributed by atoms with Crippen LogP contribution in [0.5, 0.6) is 5.75 Å². The number of fused-ring (bicyclic) bond motifs is 8. The van der Waals surface area contributed by atoms with E-state index in [1.165, 1.54) is 54.2 Å². The third kappa shape index (κ3) is 6.52. The van der Waals surface area contributed by atoms with Gasteiger partial charge in [-0.15, -0.1) is 11.3 Å². The van der Waals surface area contributed by atoms with Gasteiger partial charge in [0.05, 0.1) is 0 Å². The SMILES string of the molecule is Fc1ccc(-c2ccc3c(c2)C2=C(c4nc(-c5cccc(-c6ccc(-c7cccc8c7sc7cc9ccccc9cc78)cc6)c5)nc(-c5ccc6ccccc6c5)n4)C=CCC2O3)cc1. The molecule has 1 aliphatic carbocycles. The van der Waals surface area contributed by atoms with Crippen LogP contribution in [0.2, 0.25) is 0 Å². The molecule has 13 rings (SSSR count). The lowest BCUT2D eigenvalue weighted by molar-refractivity contribution is 0.279. The normalized spacial score (nSPS) is 14.3. The Morgan fingerprint density at radius 2 is 1.08 bits per heavy atom. The molecule has 6 heteroatoms. The predicted octanol–water partition coefficient (Wildman–Crippen LogP) is 15.7. The van der Waals surface area contributed by atoms with Gasteiger partial charge < -0.3 is 4.74 Å². The van der Waals surface area contributed by atoms with Crippen LogP contribution in [0, 0.1) is 5.82 Å². The fourth-order valence-electron chi connectivity index (χ4n) is 9.60. The molecule has 1 unspecified atom stereocenters. The van der Waals surface area contributed by atoms with Gasteiger partial charge in [0.25, 0.3) is 0 Å². The molecule has 4 nitrogen and oxygen atoms in total. The summed E-state index contributed by atoms with van der Waals surface area (Å²) < 4.78 is 23.1. The molecule has 9 aromatic carbocycles. The molecule has 0 spiro atoms. The topological polar surface area (TPSA) is 47.9 Å². The van der Waals surface area contributed by atoms with E-state index in [1.54, 1.807) is 0 Å². The van der Waals surface area contributed by atoms with Crippen molar-refractivity contribution in [2.24, 2.45) is 0 Å². The van der Waals surface area contributed by atoms with Gasteiger partial charge in [0.15, 0.2) is 17.5 Å². The fraction of sp³-hybridized carbons (Fsp3) is 0.0339. The Balaban J connectivity index is 0.908. The molecule has 3 heterocycles. The number of aromatic nitrogens is 3. The Labute approximate surface area is 378 Å². The van der Waals surface area contributed by atoms with Crippen LogP contribution < -0.4 is 4.74 Å². The van der Waals surface area contributed by atoms with E-state index in [4.69, 9.17) is 19.7 Å². The number of hydrogen-bond acceptors (Lipinski definition) is 5. The Morgan fingerprint density at radius 1 is 0.462 bits per heavy atom. The molecule has 2 aromatic heterocycles. The van der Waals surface area contributed by atoms with Crippen LogP contribution in [0.15, 0.2) is 200 Å². The van der Waals surface area contributed by atoms with Gasteiger partial charge in [-0.3, -0.25) is 0 Å². The molecule has 0 fully saturated rings. The minimum Gasteiger partial charge on any atom is -0.485 e. The van der Waals surface area contributed by atoms with Crippen LogP contribution in [-0.2, 0) is 0 Å². The van der Waals surface area contributed by atoms with Gasteiger partial charge >= 0.3 is 0 Å². The minimum atomic E-state index is -0.261. The molecule has 2 aliphatic rings. The number of allylic oxidation sites excluding steroid dienone is 2. The second-order valence-corrected chi connectivity index (χ2v) is 17.8. The molecule has 1 aliphatic heterocycles. The molecular formula is C59H36FN3OS. The summed E-state index contributed by atoms with van der Waals surface area (Å²) in [6, 6.07) is 64.8. The lowest BCUT2D eigenvalue weighted by atomic mass is 9.89. The first kappa shape index (κ1) is 37.5. The number of rotatable bonds is 6. The summed E-state index contributed by atoms with van der Waals surface area (Å²) in [6.45, 7) is 0. The first-order valence-corrected chi connectivity index (χ1v) is 22.7. The van der Waals surface area contributed by atoms with Gasteiger partial charge in [0.1, 0.15) is 17.7 Å². The van der Waals surface area contributed by atoms with Crippen LogP contribution in [-0.4, -0.2) is 21.1 Å². The average Bonchev–Trinajstić information content (AvgIpc) is 3.93. The van der Waals surface area contributed by atoms with Crippen molar-refractivity contribution < 1.29 is 9.13 Å². The highest BCUT2D eigenvalue weighted by Gasteiger charge is 2.34. The van der Waals surface area contributed by atoms with Gasteiger partial charge in [-0.05, 0) is 103 Å². The van der Waals surface area contributed by atoms with Crippen LogP contribution >= 0.6 is 11.3 Å². The van der Waals surface area contributed by atoms with Gasteiger partial charge in [0, 0.05) is 54.4 Å². The number of ether oxygens (including phenoxy) is 1. The van der Waals surface area contributed by atoms with Crippen molar-refractivity contribution in [2.75, 3.05) is 0 Å². The number of halogens is 1. The third-order valence-corrected chi connectivity index (χ3v) is 14.1. The van der Waals surface area contributed by atoms with E-state index < -0.39 is 0 Å². The third-order valence-electron chi connectivity index (χ3n) is 12.9. The van der Waals surface area contributed by atoms with Crippen LogP contribution in [0.3, 0.4) is 0 Å². The van der Waals surface area contributed by atoms with E-state index in [1.807, 2.05) is 35.6 Å². The molecule has 0 bridgehead atoms. The van der Waals surface area contributed by atoms with Crippen molar-refractivity contribution >= 4 is 64.2 Å². The van der Waals surface area contributed by atoms with Crippen molar-refractivity contribution in [2.45, 2.75) is 12.5 Å². The monoisotopic (exact) mass is 853 g/mol. The summed E-state index contributed by atoms with van der Waals surface area (Å²) >= 11 is 1.87. The van der Waals surface area contributed by atoms with Gasteiger partial charge in [-0.2, -0.15) is 0 Å². The van der Waals surface area contributed by atoms with Crippen LogP contribution in [0.4, 0.5) is 4.39 Å². The molecule has 0 N–H and O–H groups in total. The Kier molecular flexibility index (Phi) is 8.68. The Bertz CT molecular complexity index is 3790. The largest absolute Gasteiger partial charge is 0.485 e. The van der Waals surface area contributed by atoms with E-state index in [2.05, 4.69) is 164 Å². The molecule has 306 valence electrons. The number of nitrogens with zero attached hydrogens (tertiary/aromatic N) is 3. The summed E-state index contributed by atoms with van der Waals surface area (Å²) in [6.07, 6.45) is 4.81. The molecule has 11 aromatic rings. The lowest BCUT2D eigenvalue weighted by Crippen LogP contribution is -2.15. The summed E-state index contributed by atoms with van der Waals surface area (Å²) in [5, 5.41) is 7.39. The maximum absolute atomic E-state index is 13.9. The van der Waals surface area contributed by atoms with E-state index in [0.717, 1.165) is 73.0 Å². The Hall–Kier alpha value is -8.06. The maximum Gasteiger partial charge on any atom is 0.164 e. The van der Waals surface area contributed by atoms with Gasteiger partial charge in [-0.1, -0.05) is 152 Å². The highest BCUT2D eigenvalue weighted by molar-refractivity contribution is 7.26. The first-order valence-electron chi connectivity index (χ1n) is 21.8. The number of benzene rings is 9. The van der Waals surface area contributed by atoms with Gasteiger partial charge in [0.2, 0.25) is 0 Å². The molecular weight excluding hydrogens is 818 g/mol. The highest BCUT2D eigenvalue weighted by Crippen LogP contribution is 2.47. The van der Waals surface area contributed by atoms with E-state index in [0.29, 0.717) is 17.5 Å². The standard InChI is InChI=1S/C59H36FN3OS/c60-46-27-24-37(25-28-46)43-26-29-52-51(33-43)55-49(16-7-17-53(55)64-52)59-62-57(61-58(63-59)45-23-20-35-8-1-2-9-39(35)31-45)44-13-5-12-40(30-44)36-18-21-38(22-19-36)47-14-6-15-48-50-32-41-10-3-4-11-42(41)34-54(50)65-56(47)48/h1-16,18-34,53H,17H2. The maximum atomic E-state index is 13.9. The number of hydrogen-bond donors (Lipinski definition) is 0. The van der Waals surface area contributed by atoms with E-state index in [-0.39, 0.29) is 11.9 Å². The quantitative estimate of drug-likeness (QED) is 0.167. The number of thiophene rings is 1. The molecule has 1 atom stereocenters. The first-order chi connectivity index (χ1) is 32.1. The molecule has 65 heavy (non-hydrogen) atoms. The van der Waals surface area contributed by atoms with Crippen molar-refractivity contribution in [1.82, 2.24) is 15.0 Å². The summed E-state index contributed by atoms with van der Waals surface area (Å²) in [5.74, 6) is 2.31. The zero-order valence-corrected chi connectivity index (χ0v) is 35.7. The van der Waals surface area contributed by atoms with E-state index >= 15 is 0 Å². The predicted molar refractivity (Wildman–Crippen MR) is 266 cm³/mol. The second kappa shape index (κ2) is 15.0. The van der Waals surface area contributed by atoms with E-state index in [9.17, 15) is 4.39 Å². The van der Waals surface area contributed by atoms with Crippen LogP contribution in [0.1, 0.15) is 17.8 Å². The zero-order valence-electron chi connectivity index (χ0n) is 34.9. The zero-order chi connectivity index (χ0) is 43.0. The van der Waals surface area contributed by atoms with Crippen molar-refractivity contribution in [3.63, 3.8) is 0 Å². The van der Waals surface area contributed by atoms with Crippen molar-refractivity contribution in [1.29, 1.82) is 0 Å². The summed E-state index contributed by atoms with van der Waals surface area (Å²) in [4.78, 5) is 15.7. The van der Waals surface area contributed by atoms with Gasteiger partial charge in [-0.25, -0.2) is 19.3 Å². The van der Waals surface area contributed by atoms with Crippen LogP contribution in [0.25, 0.3) is 109 Å². The smallest absolute Gasteiger partial charge is 0.164 e. The van der Waals surface area contributed by atoms with Crippen molar-refractivity contribution in [3.8, 4) is 61.9 Å². The highest BCUT2D eigenvalue weighted by atomic mass is 32.1. The summed E-state index contributed by atoms with van der Waals surface area (Å²) in [7, 11) is 0. The molecule has 0 saturated heterocycles. The minimum absolute atomic E-state index is 0.185. The summed E-state index contributed by atoms with van der Waals surface area (Å²) in [5.41, 5.74) is 11.3.